The van der Waals surface area contributed by atoms with Gasteiger partial charge in [0, 0.05) is 0 Å². The normalized spacial score (nSPS) is 12.5. The van der Waals surface area contributed by atoms with Gasteiger partial charge in [0.05, 0.1) is 5.41 Å². The van der Waals surface area contributed by atoms with Crippen LogP contribution in [0.2, 0.25) is 0 Å². The van der Waals surface area contributed by atoms with Crippen molar-refractivity contribution in [3.63, 3.8) is 0 Å². The van der Waals surface area contributed by atoms with E-state index >= 15 is 0 Å². The topological polar surface area (TPSA) is 43.4 Å². The molecule has 0 saturated carbocycles. The summed E-state index contributed by atoms with van der Waals surface area (Å²) in [5.74, 6) is 0. The molecule has 3 nitrogen and oxygen atoms in total. The van der Waals surface area contributed by atoms with Gasteiger partial charge in [0.1, 0.15) is 5.60 Å². The Balaban J connectivity index is 4.51. The van der Waals surface area contributed by atoms with Crippen molar-refractivity contribution in [2.24, 2.45) is 0 Å². The molecule has 0 unspecified atom stereocenters. The van der Waals surface area contributed by atoms with Gasteiger partial charge < -0.3 is 0 Å². The van der Waals surface area contributed by atoms with Crippen molar-refractivity contribution < 1.29 is 12.6 Å². The standard InChI is InChI=1S/C7H12O3S/c1-5-7(3,4)10-11(8,9)6-2/h5-6H,1-2H2,3-4H3. The zero-order valence-corrected chi connectivity index (χ0v) is 7.52. The SMILES string of the molecule is C=CC(C)(C)OS(=O)(=O)C=C. The van der Waals surface area contributed by atoms with Gasteiger partial charge in [-0.2, -0.15) is 8.42 Å². The molecule has 11 heavy (non-hydrogen) atoms. The van der Waals surface area contributed by atoms with Gasteiger partial charge in [-0.15, -0.1) is 6.58 Å². The van der Waals surface area contributed by atoms with E-state index in [9.17, 15) is 8.42 Å². The molecule has 0 aromatic rings. The molecule has 0 rings (SSSR count). The smallest absolute Gasteiger partial charge is 0.257 e. The fourth-order valence-corrected chi connectivity index (χ4v) is 1.10. The maximum absolute atomic E-state index is 10.8. The van der Waals surface area contributed by atoms with E-state index in [1.165, 1.54) is 6.08 Å². The van der Waals surface area contributed by atoms with E-state index in [4.69, 9.17) is 0 Å². The summed E-state index contributed by atoms with van der Waals surface area (Å²) < 4.78 is 26.2. The lowest BCUT2D eigenvalue weighted by atomic mass is 10.1. The Labute approximate surface area is 67.5 Å². The minimum atomic E-state index is -3.60. The zero-order chi connectivity index (χ0) is 9.12. The third kappa shape index (κ3) is 3.95. The predicted molar refractivity (Wildman–Crippen MR) is 44.5 cm³/mol. The summed E-state index contributed by atoms with van der Waals surface area (Å²) in [5.41, 5.74) is -0.868. The van der Waals surface area contributed by atoms with E-state index in [1.807, 2.05) is 0 Å². The summed E-state index contributed by atoms with van der Waals surface area (Å²) in [5, 5.41) is 0.762. The van der Waals surface area contributed by atoms with E-state index in [-0.39, 0.29) is 0 Å². The average Bonchev–Trinajstić information content (AvgIpc) is 1.86. The predicted octanol–water partition coefficient (Wildman–Crippen LogP) is 1.44. The summed E-state index contributed by atoms with van der Waals surface area (Å²) in [6, 6.07) is 0. The van der Waals surface area contributed by atoms with Crippen LogP contribution in [0.25, 0.3) is 0 Å². The minimum absolute atomic E-state index is 0.762. The third-order valence-corrected chi connectivity index (χ3v) is 2.10. The van der Waals surface area contributed by atoms with E-state index in [0.29, 0.717) is 0 Å². The molecule has 0 aromatic carbocycles. The summed E-state index contributed by atoms with van der Waals surface area (Å²) in [6.07, 6.45) is 1.41. The summed E-state index contributed by atoms with van der Waals surface area (Å²) in [6.45, 7) is 9.73. The molecule has 0 bridgehead atoms. The van der Waals surface area contributed by atoms with Crippen LogP contribution in [0.5, 0.6) is 0 Å². The molecule has 0 heterocycles. The molecule has 0 fully saturated rings. The van der Waals surface area contributed by atoms with Crippen LogP contribution >= 0.6 is 0 Å². The quantitative estimate of drug-likeness (QED) is 0.481. The maximum Gasteiger partial charge on any atom is 0.290 e. The molecule has 0 atom stereocenters. The van der Waals surface area contributed by atoms with Crippen molar-refractivity contribution in [2.75, 3.05) is 0 Å². The van der Waals surface area contributed by atoms with Crippen LogP contribution in [0.15, 0.2) is 24.6 Å². The molecule has 64 valence electrons. The van der Waals surface area contributed by atoms with E-state index in [2.05, 4.69) is 17.3 Å². The molecule has 0 spiro atoms. The highest BCUT2D eigenvalue weighted by Crippen LogP contribution is 2.14. The number of hydrogen-bond acceptors (Lipinski definition) is 3. The second-order valence-corrected chi connectivity index (χ2v) is 4.04. The molecular weight excluding hydrogens is 164 g/mol. The largest absolute Gasteiger partial charge is 0.290 e. The van der Waals surface area contributed by atoms with Crippen molar-refractivity contribution >= 4 is 10.1 Å². The fraction of sp³-hybridized carbons (Fsp3) is 0.429. The second-order valence-electron chi connectivity index (χ2n) is 2.55. The fourth-order valence-electron chi connectivity index (χ4n) is 0.367. The highest BCUT2D eigenvalue weighted by molar-refractivity contribution is 7.89. The molecule has 0 aromatic heterocycles. The Morgan fingerprint density at radius 1 is 1.36 bits per heavy atom. The van der Waals surface area contributed by atoms with Crippen molar-refractivity contribution in [3.05, 3.63) is 24.6 Å². The van der Waals surface area contributed by atoms with Gasteiger partial charge in [-0.25, -0.2) is 0 Å². The molecule has 4 heteroatoms. The first-order valence-electron chi connectivity index (χ1n) is 3.04. The van der Waals surface area contributed by atoms with Gasteiger partial charge in [0.15, 0.2) is 0 Å². The van der Waals surface area contributed by atoms with Gasteiger partial charge in [0.25, 0.3) is 10.1 Å². The first-order valence-corrected chi connectivity index (χ1v) is 4.52. The Bertz CT molecular complexity index is 249. The van der Waals surface area contributed by atoms with Crippen molar-refractivity contribution in [3.8, 4) is 0 Å². The molecule has 0 aliphatic carbocycles. The molecular formula is C7H12O3S. The van der Waals surface area contributed by atoms with E-state index in [0.717, 1.165) is 5.41 Å². The van der Waals surface area contributed by atoms with Crippen LogP contribution in [0.1, 0.15) is 13.8 Å². The lowest BCUT2D eigenvalue weighted by Crippen LogP contribution is -2.23. The highest BCUT2D eigenvalue weighted by Gasteiger charge is 2.20. The molecule has 0 saturated heterocycles. The zero-order valence-electron chi connectivity index (χ0n) is 6.70. The van der Waals surface area contributed by atoms with Gasteiger partial charge in [-0.05, 0) is 13.8 Å². The Kier molecular flexibility index (Phi) is 3.02. The van der Waals surface area contributed by atoms with Crippen molar-refractivity contribution in [2.45, 2.75) is 19.4 Å². The monoisotopic (exact) mass is 176 g/mol. The van der Waals surface area contributed by atoms with Gasteiger partial charge in [-0.1, -0.05) is 12.7 Å². The lowest BCUT2D eigenvalue weighted by Gasteiger charge is -2.17. The van der Waals surface area contributed by atoms with Gasteiger partial charge in [0.2, 0.25) is 0 Å². The Morgan fingerprint density at radius 2 is 1.82 bits per heavy atom. The average molecular weight is 176 g/mol. The molecule has 0 amide bonds. The van der Waals surface area contributed by atoms with E-state index < -0.39 is 15.7 Å². The summed E-state index contributed by atoms with van der Waals surface area (Å²) in [7, 11) is -3.60. The van der Waals surface area contributed by atoms with Crippen molar-refractivity contribution in [1.29, 1.82) is 0 Å². The first-order chi connectivity index (χ1) is 4.83. The van der Waals surface area contributed by atoms with Crippen LogP contribution in [-0.4, -0.2) is 14.0 Å². The molecule has 0 radical (unpaired) electrons. The first kappa shape index (κ1) is 10.4. The van der Waals surface area contributed by atoms with Crippen LogP contribution in [0.4, 0.5) is 0 Å². The Morgan fingerprint density at radius 3 is 2.09 bits per heavy atom. The van der Waals surface area contributed by atoms with Crippen molar-refractivity contribution in [1.82, 2.24) is 0 Å². The minimum Gasteiger partial charge on any atom is -0.257 e. The summed E-state index contributed by atoms with van der Waals surface area (Å²) >= 11 is 0. The van der Waals surface area contributed by atoms with Crippen LogP contribution in [0, 0.1) is 0 Å². The van der Waals surface area contributed by atoms with Gasteiger partial charge in [-0.3, -0.25) is 4.18 Å². The third-order valence-electron chi connectivity index (χ3n) is 1.03. The molecule has 0 aliphatic rings. The second kappa shape index (κ2) is 3.19. The maximum atomic E-state index is 10.8. The van der Waals surface area contributed by atoms with Gasteiger partial charge >= 0.3 is 0 Å². The number of rotatable bonds is 4. The highest BCUT2D eigenvalue weighted by atomic mass is 32.2. The van der Waals surface area contributed by atoms with Crippen LogP contribution in [-0.2, 0) is 14.3 Å². The van der Waals surface area contributed by atoms with Crippen LogP contribution < -0.4 is 0 Å². The number of hydrogen-bond donors (Lipinski definition) is 0. The summed E-state index contributed by atoms with van der Waals surface area (Å²) in [4.78, 5) is 0. The molecule has 0 aliphatic heterocycles. The lowest BCUT2D eigenvalue weighted by molar-refractivity contribution is 0.174. The Hall–Kier alpha value is -0.610. The van der Waals surface area contributed by atoms with E-state index in [1.54, 1.807) is 13.8 Å². The van der Waals surface area contributed by atoms with Crippen LogP contribution in [0.3, 0.4) is 0 Å². The molecule has 0 N–H and O–H groups in total.